The molecule has 0 radical (unpaired) electrons. The van der Waals surface area contributed by atoms with Crippen LogP contribution >= 0.6 is 0 Å². The van der Waals surface area contributed by atoms with Crippen molar-refractivity contribution in [2.24, 2.45) is 5.92 Å². The Hall–Kier alpha value is -1.66. The molecule has 1 aromatic heterocycles. The van der Waals surface area contributed by atoms with Crippen molar-refractivity contribution in [2.75, 3.05) is 45.2 Å². The number of ether oxygens (including phenoxy) is 1. The quantitative estimate of drug-likeness (QED) is 0.907. The predicted molar refractivity (Wildman–Crippen MR) is 96.7 cm³/mol. The molecule has 1 amide bonds. The summed E-state index contributed by atoms with van der Waals surface area (Å²) in [5.74, 6) is 1.49. The van der Waals surface area contributed by atoms with Gasteiger partial charge in [0.1, 0.15) is 5.82 Å². The van der Waals surface area contributed by atoms with Crippen molar-refractivity contribution in [1.29, 1.82) is 0 Å². The van der Waals surface area contributed by atoms with Crippen molar-refractivity contribution in [3.05, 3.63) is 23.9 Å². The Balaban J connectivity index is 1.50. The van der Waals surface area contributed by atoms with E-state index in [9.17, 15) is 4.79 Å². The van der Waals surface area contributed by atoms with Gasteiger partial charge in [-0.25, -0.2) is 4.98 Å². The number of carbonyl (C=O) groups excluding carboxylic acids is 1. The highest BCUT2D eigenvalue weighted by atomic mass is 16.5. The van der Waals surface area contributed by atoms with E-state index in [0.717, 1.165) is 63.5 Å². The summed E-state index contributed by atoms with van der Waals surface area (Å²) >= 11 is 0. The van der Waals surface area contributed by atoms with Gasteiger partial charge in [0, 0.05) is 63.7 Å². The van der Waals surface area contributed by atoms with E-state index in [0.29, 0.717) is 18.0 Å². The monoisotopic (exact) mass is 344 g/mol. The lowest BCUT2D eigenvalue weighted by Gasteiger charge is -2.37. The molecule has 5 heterocycles. The van der Waals surface area contributed by atoms with Crippen LogP contribution in [0.25, 0.3) is 0 Å². The van der Waals surface area contributed by atoms with Gasteiger partial charge in [-0.1, -0.05) is 0 Å². The largest absolute Gasteiger partial charge is 0.381 e. The van der Waals surface area contributed by atoms with Gasteiger partial charge in [-0.15, -0.1) is 0 Å². The van der Waals surface area contributed by atoms with Crippen molar-refractivity contribution < 1.29 is 9.53 Å². The maximum absolute atomic E-state index is 13.1. The fraction of sp³-hybridized carbons (Fsp3) is 0.684. The minimum absolute atomic E-state index is 0.155. The van der Waals surface area contributed by atoms with Gasteiger partial charge in [0.15, 0.2) is 0 Å². The molecule has 2 bridgehead atoms. The smallest absolute Gasteiger partial charge is 0.254 e. The Morgan fingerprint density at radius 1 is 1.16 bits per heavy atom. The average molecular weight is 344 g/mol. The number of amides is 1. The van der Waals surface area contributed by atoms with E-state index in [4.69, 9.17) is 4.74 Å². The lowest BCUT2D eigenvalue weighted by Crippen LogP contribution is -2.48. The summed E-state index contributed by atoms with van der Waals surface area (Å²) in [6.45, 7) is 4.78. The molecule has 0 saturated carbocycles. The van der Waals surface area contributed by atoms with Gasteiger partial charge in [-0.3, -0.25) is 9.69 Å². The highest BCUT2D eigenvalue weighted by molar-refractivity contribution is 5.95. The van der Waals surface area contributed by atoms with Gasteiger partial charge in [0.05, 0.1) is 0 Å². The summed E-state index contributed by atoms with van der Waals surface area (Å²) in [5.41, 5.74) is 0.740. The van der Waals surface area contributed by atoms with Crippen LogP contribution in [-0.2, 0) is 4.74 Å². The molecule has 4 fully saturated rings. The minimum atomic E-state index is 0.155. The molecule has 0 unspecified atom stereocenters. The molecule has 0 aromatic carbocycles. The summed E-state index contributed by atoms with van der Waals surface area (Å²) in [4.78, 5) is 22.1. The number of fused-ring (bicyclic) bond motifs is 4. The van der Waals surface area contributed by atoms with Gasteiger partial charge < -0.3 is 15.0 Å². The molecule has 6 heteroatoms. The van der Waals surface area contributed by atoms with Crippen molar-refractivity contribution in [3.8, 4) is 0 Å². The normalized spacial score (nSPS) is 28.0. The Labute approximate surface area is 149 Å². The van der Waals surface area contributed by atoms with Crippen molar-refractivity contribution >= 4 is 11.7 Å². The van der Waals surface area contributed by atoms with Gasteiger partial charge in [-0.2, -0.15) is 0 Å². The fourth-order valence-electron chi connectivity index (χ4n) is 4.58. The summed E-state index contributed by atoms with van der Waals surface area (Å²) in [5, 5.41) is 3.02. The Morgan fingerprint density at radius 2 is 2.00 bits per heavy atom. The summed E-state index contributed by atoms with van der Waals surface area (Å²) in [6.07, 6.45) is 6.34. The van der Waals surface area contributed by atoms with Crippen molar-refractivity contribution in [1.82, 2.24) is 14.8 Å². The Kier molecular flexibility index (Phi) is 4.90. The number of nitrogens with one attached hydrogen (secondary N) is 1. The Morgan fingerprint density at radius 3 is 2.80 bits per heavy atom. The third-order valence-corrected chi connectivity index (χ3v) is 5.97. The zero-order valence-electron chi connectivity index (χ0n) is 15.0. The number of carbonyl (C=O) groups is 1. The molecule has 1 aromatic rings. The Bertz CT molecular complexity index is 617. The molecule has 0 spiro atoms. The number of pyridine rings is 1. The molecule has 4 saturated heterocycles. The lowest BCUT2D eigenvalue weighted by atomic mass is 9.94. The number of hydrogen-bond donors (Lipinski definition) is 1. The molecule has 25 heavy (non-hydrogen) atoms. The first-order valence-corrected chi connectivity index (χ1v) is 9.51. The van der Waals surface area contributed by atoms with Gasteiger partial charge in [0.25, 0.3) is 5.91 Å². The number of piperidine rings is 1. The third kappa shape index (κ3) is 3.51. The van der Waals surface area contributed by atoms with Crippen LogP contribution < -0.4 is 5.32 Å². The van der Waals surface area contributed by atoms with Crippen LogP contribution in [0.3, 0.4) is 0 Å². The van der Waals surface area contributed by atoms with E-state index in [2.05, 4.69) is 20.1 Å². The van der Waals surface area contributed by atoms with Crippen LogP contribution in [0.1, 0.15) is 36.0 Å². The molecule has 0 aliphatic carbocycles. The summed E-state index contributed by atoms with van der Waals surface area (Å²) < 4.78 is 5.53. The zero-order valence-corrected chi connectivity index (χ0v) is 15.0. The van der Waals surface area contributed by atoms with Crippen LogP contribution in [-0.4, -0.2) is 72.7 Å². The number of anilines is 1. The number of rotatable bonds is 3. The third-order valence-electron chi connectivity index (χ3n) is 5.97. The topological polar surface area (TPSA) is 57.7 Å². The lowest BCUT2D eigenvalue weighted by molar-refractivity contribution is 0.0304. The molecule has 5 rings (SSSR count). The fourth-order valence-corrected chi connectivity index (χ4v) is 4.58. The standard InChI is InChI=1S/C19H28N4O2/c1-20-18-10-15(4-7-21-18)19(24)23-12-14-2-3-17(23)13-22(11-14)16-5-8-25-9-6-16/h4,7,10,14,16-17H,2-3,5-6,8-9,11-13H2,1H3,(H,20,21)/t14-,17+/m0/s1. The highest BCUT2D eigenvalue weighted by Gasteiger charge is 2.39. The molecule has 4 aliphatic rings. The number of hydrogen-bond acceptors (Lipinski definition) is 5. The number of nitrogens with zero attached hydrogens (tertiary/aromatic N) is 3. The average Bonchev–Trinajstić information content (AvgIpc) is 3.00. The highest BCUT2D eigenvalue weighted by Crippen LogP contribution is 2.31. The molecule has 1 N–H and O–H groups in total. The van der Waals surface area contributed by atoms with Crippen LogP contribution in [0.15, 0.2) is 18.3 Å². The van der Waals surface area contributed by atoms with E-state index in [-0.39, 0.29) is 5.91 Å². The van der Waals surface area contributed by atoms with E-state index >= 15 is 0 Å². The first-order valence-electron chi connectivity index (χ1n) is 9.51. The van der Waals surface area contributed by atoms with Gasteiger partial charge in [0.2, 0.25) is 0 Å². The maximum atomic E-state index is 13.1. The van der Waals surface area contributed by atoms with Crippen LogP contribution in [0.5, 0.6) is 0 Å². The summed E-state index contributed by atoms with van der Waals surface area (Å²) in [7, 11) is 1.83. The molecular weight excluding hydrogens is 316 g/mol. The van der Waals surface area contributed by atoms with E-state index in [1.807, 2.05) is 19.2 Å². The second-order valence-corrected chi connectivity index (χ2v) is 7.53. The SMILES string of the molecule is CNc1cc(C(=O)N2C[C@H]3CC[C@@H]2CN(C2CCOCC2)C3)ccn1. The van der Waals surface area contributed by atoms with E-state index < -0.39 is 0 Å². The molecule has 136 valence electrons. The van der Waals surface area contributed by atoms with Crippen LogP contribution in [0.4, 0.5) is 5.82 Å². The van der Waals surface area contributed by atoms with Gasteiger partial charge >= 0.3 is 0 Å². The van der Waals surface area contributed by atoms with Crippen LogP contribution in [0.2, 0.25) is 0 Å². The summed E-state index contributed by atoms with van der Waals surface area (Å²) in [6, 6.07) is 4.65. The van der Waals surface area contributed by atoms with Crippen molar-refractivity contribution in [3.63, 3.8) is 0 Å². The second-order valence-electron chi connectivity index (χ2n) is 7.53. The minimum Gasteiger partial charge on any atom is -0.381 e. The second kappa shape index (κ2) is 7.30. The molecule has 2 atom stereocenters. The van der Waals surface area contributed by atoms with E-state index in [1.165, 1.54) is 6.42 Å². The predicted octanol–water partition coefficient (Wildman–Crippen LogP) is 1.84. The molecule has 6 nitrogen and oxygen atoms in total. The van der Waals surface area contributed by atoms with E-state index in [1.54, 1.807) is 6.20 Å². The number of aromatic nitrogens is 1. The van der Waals surface area contributed by atoms with Crippen molar-refractivity contribution in [2.45, 2.75) is 37.8 Å². The molecular formula is C19H28N4O2. The molecule has 4 aliphatic heterocycles. The first-order chi connectivity index (χ1) is 12.2. The van der Waals surface area contributed by atoms with Crippen LogP contribution in [0, 0.1) is 5.92 Å². The zero-order chi connectivity index (χ0) is 17.2. The first kappa shape index (κ1) is 16.8. The van der Waals surface area contributed by atoms with Gasteiger partial charge in [-0.05, 0) is 43.7 Å². The maximum Gasteiger partial charge on any atom is 0.254 e.